The van der Waals surface area contributed by atoms with Crippen molar-refractivity contribution in [3.05, 3.63) is 57.2 Å². The molecule has 2 N–H and O–H groups in total. The first-order chi connectivity index (χ1) is 14.8. The number of aromatic hydroxyl groups is 1. The van der Waals surface area contributed by atoms with Gasteiger partial charge in [0, 0.05) is 42.6 Å². The summed E-state index contributed by atoms with van der Waals surface area (Å²) >= 11 is 6.30. The summed E-state index contributed by atoms with van der Waals surface area (Å²) in [5.74, 6) is -1.19. The Morgan fingerprint density at radius 2 is 2.03 bits per heavy atom. The number of nitrogens with zero attached hydrogens (tertiary/aromatic N) is 1. The number of hydrogen-bond acceptors (Lipinski definition) is 7. The second kappa shape index (κ2) is 8.34. The SMILES string of the molecule is CC(=O)Oc1cc(O)c([C@H]2CCN(C)C[C@H]2O)c2oc(-c3ccccc3Cl)cc(=O)c12. The van der Waals surface area contributed by atoms with Crippen molar-refractivity contribution in [2.24, 2.45) is 0 Å². The van der Waals surface area contributed by atoms with Crippen LogP contribution >= 0.6 is 11.6 Å². The van der Waals surface area contributed by atoms with Crippen LogP contribution in [-0.4, -0.2) is 47.3 Å². The van der Waals surface area contributed by atoms with Crippen LogP contribution in [0.15, 0.2) is 45.6 Å². The normalized spacial score (nSPS) is 19.5. The molecule has 4 rings (SSSR count). The predicted octanol–water partition coefficient (Wildman–Crippen LogP) is 3.52. The van der Waals surface area contributed by atoms with Gasteiger partial charge in [-0.15, -0.1) is 0 Å². The Morgan fingerprint density at radius 1 is 1.29 bits per heavy atom. The molecule has 0 spiro atoms. The van der Waals surface area contributed by atoms with Gasteiger partial charge in [-0.05, 0) is 32.1 Å². The predicted molar refractivity (Wildman–Crippen MR) is 117 cm³/mol. The summed E-state index contributed by atoms with van der Waals surface area (Å²) in [6.07, 6.45) is -0.227. The van der Waals surface area contributed by atoms with Crippen LogP contribution < -0.4 is 10.2 Å². The van der Waals surface area contributed by atoms with Crippen LogP contribution in [0, 0.1) is 0 Å². The first-order valence-electron chi connectivity index (χ1n) is 9.90. The van der Waals surface area contributed by atoms with Crippen LogP contribution in [0.25, 0.3) is 22.3 Å². The molecule has 1 saturated heterocycles. The molecule has 8 heteroatoms. The summed E-state index contributed by atoms with van der Waals surface area (Å²) in [4.78, 5) is 26.7. The number of fused-ring (bicyclic) bond motifs is 1. The highest BCUT2D eigenvalue weighted by Gasteiger charge is 2.33. The number of halogens is 1. The minimum absolute atomic E-state index is 0.0323. The van der Waals surface area contributed by atoms with E-state index in [1.165, 1.54) is 19.1 Å². The summed E-state index contributed by atoms with van der Waals surface area (Å²) in [5.41, 5.74) is 0.455. The maximum absolute atomic E-state index is 13.1. The van der Waals surface area contributed by atoms with Gasteiger partial charge in [0.25, 0.3) is 0 Å². The molecule has 0 bridgehead atoms. The van der Waals surface area contributed by atoms with E-state index in [2.05, 4.69) is 0 Å². The monoisotopic (exact) mass is 443 g/mol. The van der Waals surface area contributed by atoms with E-state index in [9.17, 15) is 19.8 Å². The summed E-state index contributed by atoms with van der Waals surface area (Å²) in [6, 6.07) is 9.43. The maximum atomic E-state index is 13.1. The van der Waals surface area contributed by atoms with Crippen LogP contribution in [0.4, 0.5) is 0 Å². The van der Waals surface area contributed by atoms with Crippen molar-refractivity contribution in [1.29, 1.82) is 0 Å². The molecule has 2 heterocycles. The number of β-amino-alcohol motifs (C(OH)–C–C–N with tert-alkyl or cyclic N) is 1. The lowest BCUT2D eigenvalue weighted by molar-refractivity contribution is -0.131. The zero-order chi connectivity index (χ0) is 22.3. The molecular weight excluding hydrogens is 422 g/mol. The van der Waals surface area contributed by atoms with Crippen molar-refractivity contribution < 1.29 is 24.2 Å². The number of rotatable bonds is 3. The standard InChI is InChI=1S/C23H22ClNO6/c1-12(26)30-20-10-16(27)21(14-7-8-25(2)11-18(14)29)23-22(20)17(28)9-19(31-23)13-5-3-4-6-15(13)24/h3-6,9-10,14,18,27,29H,7-8,11H2,1-2H3/t14-,18+/m0/s1. The Labute approximate surface area is 183 Å². The number of carbonyl (C=O) groups excluding carboxylic acids is 1. The average Bonchev–Trinajstić information content (AvgIpc) is 2.68. The van der Waals surface area contributed by atoms with Crippen molar-refractivity contribution in [2.75, 3.05) is 20.1 Å². The second-order valence-corrected chi connectivity index (χ2v) is 8.19. The number of benzene rings is 2. The molecule has 7 nitrogen and oxygen atoms in total. The number of aliphatic hydroxyl groups excluding tert-OH is 1. The molecular formula is C23H22ClNO6. The summed E-state index contributed by atoms with van der Waals surface area (Å²) in [6.45, 7) is 2.31. The molecule has 1 fully saturated rings. The van der Waals surface area contributed by atoms with Gasteiger partial charge in [0.05, 0.1) is 11.1 Å². The molecule has 2 aromatic carbocycles. The van der Waals surface area contributed by atoms with Gasteiger partial charge in [-0.2, -0.15) is 0 Å². The number of likely N-dealkylation sites (N-methyl/N-ethyl adjacent to an activating group) is 1. The minimum Gasteiger partial charge on any atom is -0.507 e. The Bertz CT molecular complexity index is 1220. The number of phenols is 1. The van der Waals surface area contributed by atoms with Gasteiger partial charge >= 0.3 is 5.97 Å². The molecule has 31 heavy (non-hydrogen) atoms. The smallest absolute Gasteiger partial charge is 0.308 e. The number of piperidine rings is 1. The summed E-state index contributed by atoms with van der Waals surface area (Å²) < 4.78 is 11.3. The van der Waals surface area contributed by atoms with E-state index in [-0.39, 0.29) is 28.2 Å². The number of esters is 1. The van der Waals surface area contributed by atoms with E-state index < -0.39 is 23.4 Å². The molecule has 0 aliphatic carbocycles. The maximum Gasteiger partial charge on any atom is 0.308 e. The van der Waals surface area contributed by atoms with Gasteiger partial charge in [-0.25, -0.2) is 0 Å². The summed E-state index contributed by atoms with van der Waals surface area (Å²) in [5, 5.41) is 22.0. The van der Waals surface area contributed by atoms with Crippen molar-refractivity contribution in [2.45, 2.75) is 25.4 Å². The lowest BCUT2D eigenvalue weighted by Crippen LogP contribution is -2.40. The van der Waals surface area contributed by atoms with E-state index in [1.54, 1.807) is 24.3 Å². The second-order valence-electron chi connectivity index (χ2n) is 7.78. The van der Waals surface area contributed by atoms with Crippen molar-refractivity contribution in [1.82, 2.24) is 4.90 Å². The Morgan fingerprint density at radius 3 is 2.71 bits per heavy atom. The molecule has 0 amide bonds. The number of phenolic OH excluding ortho intramolecular Hbond substituents is 1. The van der Waals surface area contributed by atoms with Crippen LogP contribution in [0.5, 0.6) is 11.5 Å². The van der Waals surface area contributed by atoms with Gasteiger partial charge < -0.3 is 24.3 Å². The largest absolute Gasteiger partial charge is 0.507 e. The lowest BCUT2D eigenvalue weighted by atomic mass is 9.85. The van der Waals surface area contributed by atoms with Gasteiger partial charge in [0.15, 0.2) is 5.43 Å². The third-order valence-corrected chi connectivity index (χ3v) is 5.86. The van der Waals surface area contributed by atoms with Crippen molar-refractivity contribution in [3.8, 4) is 22.8 Å². The molecule has 0 unspecified atom stereocenters. The molecule has 1 aliphatic heterocycles. The number of likely N-dealkylation sites (tertiary alicyclic amines) is 1. The molecule has 2 atom stereocenters. The van der Waals surface area contributed by atoms with Gasteiger partial charge in [0.2, 0.25) is 0 Å². The summed E-state index contributed by atoms with van der Waals surface area (Å²) in [7, 11) is 1.90. The quantitative estimate of drug-likeness (QED) is 0.471. The minimum atomic E-state index is -0.776. The van der Waals surface area contributed by atoms with E-state index in [0.717, 1.165) is 0 Å². The fourth-order valence-electron chi connectivity index (χ4n) is 4.12. The van der Waals surface area contributed by atoms with Gasteiger partial charge in [-0.3, -0.25) is 9.59 Å². The molecule has 0 radical (unpaired) electrons. The molecule has 0 saturated carbocycles. The topological polar surface area (TPSA) is 100 Å². The zero-order valence-electron chi connectivity index (χ0n) is 17.1. The van der Waals surface area contributed by atoms with Gasteiger partial charge in [-0.1, -0.05) is 23.7 Å². The first-order valence-corrected chi connectivity index (χ1v) is 10.3. The Balaban J connectivity index is 2.02. The molecule has 3 aromatic rings. The highest BCUT2D eigenvalue weighted by Crippen LogP contribution is 2.43. The number of aliphatic hydroxyl groups is 1. The Hall–Kier alpha value is -2.87. The van der Waals surface area contributed by atoms with Gasteiger partial charge in [0.1, 0.15) is 28.2 Å². The van der Waals surface area contributed by atoms with Crippen LogP contribution in [-0.2, 0) is 4.79 Å². The molecule has 1 aromatic heterocycles. The fourth-order valence-corrected chi connectivity index (χ4v) is 4.35. The molecule has 1 aliphatic rings. The van der Waals surface area contributed by atoms with Crippen molar-refractivity contribution in [3.63, 3.8) is 0 Å². The van der Waals surface area contributed by atoms with E-state index in [0.29, 0.717) is 35.7 Å². The van der Waals surface area contributed by atoms with Crippen LogP contribution in [0.3, 0.4) is 0 Å². The van der Waals surface area contributed by atoms with Crippen LogP contribution in [0.2, 0.25) is 5.02 Å². The number of carbonyl (C=O) groups is 1. The fraction of sp³-hybridized carbons (Fsp3) is 0.304. The van der Waals surface area contributed by atoms with E-state index >= 15 is 0 Å². The Kier molecular flexibility index (Phi) is 5.75. The lowest BCUT2D eigenvalue weighted by Gasteiger charge is -2.34. The average molecular weight is 444 g/mol. The number of hydrogen-bond donors (Lipinski definition) is 2. The zero-order valence-corrected chi connectivity index (χ0v) is 17.8. The van der Waals surface area contributed by atoms with Crippen LogP contribution in [0.1, 0.15) is 24.8 Å². The third-order valence-electron chi connectivity index (χ3n) is 5.53. The highest BCUT2D eigenvalue weighted by molar-refractivity contribution is 6.33. The third kappa shape index (κ3) is 4.04. The highest BCUT2D eigenvalue weighted by atomic mass is 35.5. The number of ether oxygens (including phenoxy) is 1. The molecule has 162 valence electrons. The van der Waals surface area contributed by atoms with E-state index in [4.69, 9.17) is 20.8 Å². The van der Waals surface area contributed by atoms with Crippen molar-refractivity contribution >= 4 is 28.5 Å². The first kappa shape index (κ1) is 21.4. The van der Waals surface area contributed by atoms with E-state index in [1.807, 2.05) is 11.9 Å².